The lowest BCUT2D eigenvalue weighted by molar-refractivity contribution is 0.797. The molecule has 62 valence electrons. The molecule has 1 saturated heterocycles. The third-order valence-electron chi connectivity index (χ3n) is 2.02. The first-order chi connectivity index (χ1) is 5.92. The summed E-state index contributed by atoms with van der Waals surface area (Å²) in [5, 5.41) is 8.78. The number of thioether (sulfide) groups is 1. The molecule has 0 aromatic carbocycles. The van der Waals surface area contributed by atoms with Gasteiger partial charge in [-0.3, -0.25) is 0 Å². The molecule has 0 saturated carbocycles. The summed E-state index contributed by atoms with van der Waals surface area (Å²) < 4.78 is 4.05. The van der Waals surface area contributed by atoms with Crippen LogP contribution in [0.15, 0.2) is 6.20 Å². The van der Waals surface area contributed by atoms with Gasteiger partial charge in [0.25, 0.3) is 0 Å². The van der Waals surface area contributed by atoms with Crippen LogP contribution in [-0.4, -0.2) is 15.9 Å². The van der Waals surface area contributed by atoms with Crippen molar-refractivity contribution in [1.29, 1.82) is 5.26 Å². The Morgan fingerprint density at radius 2 is 2.58 bits per heavy atom. The van der Waals surface area contributed by atoms with E-state index in [2.05, 4.69) is 10.4 Å². The summed E-state index contributed by atoms with van der Waals surface area (Å²) in [7, 11) is 0. The summed E-state index contributed by atoms with van der Waals surface area (Å²) in [6, 6.07) is 2.19. The van der Waals surface area contributed by atoms with E-state index in [0.29, 0.717) is 5.92 Å². The molecule has 1 aromatic heterocycles. The normalized spacial score (nSPS) is 22.4. The molecular formula is C8H8N2S2. The third-order valence-corrected chi connectivity index (χ3v) is 4.14. The molecule has 0 bridgehead atoms. The molecule has 1 aliphatic heterocycles. The minimum Gasteiger partial charge on any atom is -0.199 e. The molecule has 1 aromatic rings. The molecule has 4 heteroatoms. The van der Waals surface area contributed by atoms with Crippen LogP contribution in [0.5, 0.6) is 0 Å². The van der Waals surface area contributed by atoms with Crippen molar-refractivity contribution >= 4 is 23.3 Å². The maximum absolute atomic E-state index is 8.78. The van der Waals surface area contributed by atoms with Crippen molar-refractivity contribution in [1.82, 2.24) is 4.37 Å². The molecule has 2 rings (SSSR count). The lowest BCUT2D eigenvalue weighted by Crippen LogP contribution is -1.94. The third kappa shape index (κ3) is 1.35. The average molecular weight is 196 g/mol. The Labute approximate surface area is 79.8 Å². The highest BCUT2D eigenvalue weighted by molar-refractivity contribution is 7.99. The maximum Gasteiger partial charge on any atom is 0.102 e. The van der Waals surface area contributed by atoms with E-state index >= 15 is 0 Å². The Hall–Kier alpha value is -0.530. The number of rotatable bonds is 1. The summed E-state index contributed by atoms with van der Waals surface area (Å²) >= 11 is 3.45. The molecule has 1 fully saturated rings. The van der Waals surface area contributed by atoms with E-state index in [9.17, 15) is 0 Å². The van der Waals surface area contributed by atoms with E-state index < -0.39 is 0 Å². The molecule has 0 spiro atoms. The molecule has 1 atom stereocenters. The summed E-state index contributed by atoms with van der Waals surface area (Å²) in [4.78, 5) is 1.20. The lowest BCUT2D eigenvalue weighted by atomic mass is 10.0. The molecule has 0 N–H and O–H groups in total. The molecule has 1 aliphatic rings. The van der Waals surface area contributed by atoms with Crippen LogP contribution in [0.4, 0.5) is 0 Å². The van der Waals surface area contributed by atoms with Gasteiger partial charge in [-0.05, 0) is 23.7 Å². The first kappa shape index (κ1) is 8.09. The van der Waals surface area contributed by atoms with Crippen molar-refractivity contribution in [3.8, 4) is 6.07 Å². The SMILES string of the molecule is N#Cc1cnsc1C1CCSC1. The number of hydrogen-bond acceptors (Lipinski definition) is 4. The predicted octanol–water partition coefficient (Wildman–Crippen LogP) is 2.24. The van der Waals surface area contributed by atoms with Gasteiger partial charge in [0.1, 0.15) is 6.07 Å². The van der Waals surface area contributed by atoms with Gasteiger partial charge in [0.2, 0.25) is 0 Å². The highest BCUT2D eigenvalue weighted by Gasteiger charge is 2.21. The first-order valence-electron chi connectivity index (χ1n) is 3.84. The Morgan fingerprint density at radius 1 is 1.67 bits per heavy atom. The zero-order valence-electron chi connectivity index (χ0n) is 6.49. The Kier molecular flexibility index (Phi) is 2.33. The number of hydrogen-bond donors (Lipinski definition) is 0. The fourth-order valence-corrected chi connectivity index (χ4v) is 3.53. The molecule has 0 amide bonds. The smallest absolute Gasteiger partial charge is 0.102 e. The zero-order chi connectivity index (χ0) is 8.39. The number of aromatic nitrogens is 1. The monoisotopic (exact) mass is 196 g/mol. The largest absolute Gasteiger partial charge is 0.199 e. The highest BCUT2D eigenvalue weighted by atomic mass is 32.2. The van der Waals surface area contributed by atoms with E-state index in [4.69, 9.17) is 5.26 Å². The van der Waals surface area contributed by atoms with E-state index in [0.717, 1.165) is 11.3 Å². The van der Waals surface area contributed by atoms with Crippen LogP contribution >= 0.6 is 23.3 Å². The molecule has 0 aliphatic carbocycles. The second-order valence-electron chi connectivity index (χ2n) is 2.78. The molecule has 2 nitrogen and oxygen atoms in total. The fraction of sp³-hybridized carbons (Fsp3) is 0.500. The zero-order valence-corrected chi connectivity index (χ0v) is 8.12. The second-order valence-corrected chi connectivity index (χ2v) is 4.76. The van der Waals surface area contributed by atoms with Crippen molar-refractivity contribution in [2.24, 2.45) is 0 Å². The summed E-state index contributed by atoms with van der Waals surface area (Å²) in [6.45, 7) is 0. The highest BCUT2D eigenvalue weighted by Crippen LogP contribution is 2.35. The minimum atomic E-state index is 0.595. The van der Waals surface area contributed by atoms with Crippen LogP contribution in [-0.2, 0) is 0 Å². The van der Waals surface area contributed by atoms with E-state index in [1.54, 1.807) is 6.20 Å². The van der Waals surface area contributed by atoms with Crippen LogP contribution in [0.1, 0.15) is 22.8 Å². The van der Waals surface area contributed by atoms with Crippen LogP contribution in [0.3, 0.4) is 0 Å². The lowest BCUT2D eigenvalue weighted by Gasteiger charge is -2.02. The van der Waals surface area contributed by atoms with Crippen molar-refractivity contribution in [2.45, 2.75) is 12.3 Å². The quantitative estimate of drug-likeness (QED) is 0.691. The van der Waals surface area contributed by atoms with Gasteiger partial charge in [-0.2, -0.15) is 21.4 Å². The van der Waals surface area contributed by atoms with Gasteiger partial charge in [0.05, 0.1) is 11.8 Å². The van der Waals surface area contributed by atoms with Gasteiger partial charge in [-0.25, -0.2) is 0 Å². The van der Waals surface area contributed by atoms with Gasteiger partial charge < -0.3 is 0 Å². The molecule has 12 heavy (non-hydrogen) atoms. The Bertz CT molecular complexity index is 307. The first-order valence-corrected chi connectivity index (χ1v) is 5.77. The van der Waals surface area contributed by atoms with Crippen LogP contribution < -0.4 is 0 Å². The molecule has 1 unspecified atom stereocenters. The number of nitrogens with zero attached hydrogens (tertiary/aromatic N) is 2. The Balaban J connectivity index is 2.27. The van der Waals surface area contributed by atoms with Gasteiger partial charge in [0, 0.05) is 16.5 Å². The van der Waals surface area contributed by atoms with E-state index in [-0.39, 0.29) is 0 Å². The average Bonchev–Trinajstić information content (AvgIpc) is 2.74. The number of nitriles is 1. The van der Waals surface area contributed by atoms with Crippen LogP contribution in [0.2, 0.25) is 0 Å². The summed E-state index contributed by atoms with van der Waals surface area (Å²) in [6.07, 6.45) is 2.89. The van der Waals surface area contributed by atoms with Crippen molar-refractivity contribution in [2.75, 3.05) is 11.5 Å². The van der Waals surface area contributed by atoms with E-state index in [1.807, 2.05) is 11.8 Å². The second kappa shape index (κ2) is 3.46. The molecular weight excluding hydrogens is 188 g/mol. The van der Waals surface area contributed by atoms with E-state index in [1.165, 1.54) is 28.6 Å². The molecule has 0 radical (unpaired) electrons. The van der Waals surface area contributed by atoms with Gasteiger partial charge in [-0.1, -0.05) is 0 Å². The summed E-state index contributed by atoms with van der Waals surface area (Å²) in [5.74, 6) is 2.99. The van der Waals surface area contributed by atoms with Crippen LogP contribution in [0.25, 0.3) is 0 Å². The van der Waals surface area contributed by atoms with Crippen molar-refractivity contribution in [3.05, 3.63) is 16.6 Å². The Morgan fingerprint density at radius 3 is 3.25 bits per heavy atom. The van der Waals surface area contributed by atoms with Crippen LogP contribution in [0, 0.1) is 11.3 Å². The molecule has 2 heterocycles. The standard InChI is InChI=1S/C8H8N2S2/c9-3-7-4-10-12-8(7)6-1-2-11-5-6/h4,6H,1-2,5H2. The van der Waals surface area contributed by atoms with Crippen molar-refractivity contribution in [3.63, 3.8) is 0 Å². The minimum absolute atomic E-state index is 0.595. The topological polar surface area (TPSA) is 36.7 Å². The summed E-state index contributed by atoms with van der Waals surface area (Å²) in [5.41, 5.74) is 0.785. The van der Waals surface area contributed by atoms with Gasteiger partial charge >= 0.3 is 0 Å². The van der Waals surface area contributed by atoms with Gasteiger partial charge in [0.15, 0.2) is 0 Å². The van der Waals surface area contributed by atoms with Crippen molar-refractivity contribution < 1.29 is 0 Å². The fourth-order valence-electron chi connectivity index (χ4n) is 1.37. The maximum atomic E-state index is 8.78. The van der Waals surface area contributed by atoms with Gasteiger partial charge in [-0.15, -0.1) is 0 Å². The predicted molar refractivity (Wildman–Crippen MR) is 51.5 cm³/mol.